The van der Waals surface area contributed by atoms with Gasteiger partial charge in [0.25, 0.3) is 5.91 Å². The number of hydrogen-bond donors (Lipinski definition) is 2. The molecule has 1 aliphatic carbocycles. The van der Waals surface area contributed by atoms with Gasteiger partial charge in [0.2, 0.25) is 0 Å². The molecule has 0 saturated carbocycles. The Balaban J connectivity index is 1.58. The van der Waals surface area contributed by atoms with Gasteiger partial charge in [-0.15, -0.1) is 0 Å². The summed E-state index contributed by atoms with van der Waals surface area (Å²) < 4.78 is 12.8. The van der Waals surface area contributed by atoms with E-state index < -0.39 is 5.60 Å². The van der Waals surface area contributed by atoms with Crippen molar-refractivity contribution in [3.63, 3.8) is 0 Å². The quantitative estimate of drug-likeness (QED) is 0.553. The summed E-state index contributed by atoms with van der Waals surface area (Å²) in [6.45, 7) is 4.23. The average molecular weight is 525 g/mol. The first-order valence-corrected chi connectivity index (χ1v) is 12.1. The molecule has 1 aliphatic heterocycles. The van der Waals surface area contributed by atoms with Crippen molar-refractivity contribution in [2.45, 2.75) is 38.7 Å². The van der Waals surface area contributed by atoms with Crippen LogP contribution in [-0.4, -0.2) is 36.5 Å². The highest BCUT2D eigenvalue weighted by molar-refractivity contribution is 9.10. The molecule has 0 spiro atoms. The molecule has 34 heavy (non-hydrogen) atoms. The molecule has 2 unspecified atom stereocenters. The lowest BCUT2D eigenvalue weighted by atomic mass is 9.89. The molecule has 0 fully saturated rings. The van der Waals surface area contributed by atoms with Crippen molar-refractivity contribution in [3.8, 4) is 11.5 Å². The van der Waals surface area contributed by atoms with Gasteiger partial charge in [0.1, 0.15) is 34.3 Å². The summed E-state index contributed by atoms with van der Waals surface area (Å²) in [7, 11) is 3.24. The van der Waals surface area contributed by atoms with Crippen LogP contribution in [0.3, 0.4) is 0 Å². The van der Waals surface area contributed by atoms with Crippen LogP contribution in [0.5, 0.6) is 11.5 Å². The van der Waals surface area contributed by atoms with E-state index in [-0.39, 0.29) is 11.8 Å². The number of benzene rings is 1. The molecule has 0 saturated heterocycles. The Kier molecular flexibility index (Phi) is 7.07. The number of pyridine rings is 1. The Morgan fingerprint density at radius 1 is 1.32 bits per heavy atom. The molecule has 2 aliphatic rings. The van der Waals surface area contributed by atoms with Gasteiger partial charge in [-0.1, -0.05) is 28.9 Å². The molecule has 8 heteroatoms. The van der Waals surface area contributed by atoms with Crippen molar-refractivity contribution in [2.24, 2.45) is 10.9 Å². The van der Waals surface area contributed by atoms with Gasteiger partial charge in [-0.25, -0.2) is 4.99 Å². The molecule has 0 radical (unpaired) electrons. The first kappa shape index (κ1) is 24.0. The lowest BCUT2D eigenvalue weighted by Gasteiger charge is -2.32. The van der Waals surface area contributed by atoms with Crippen molar-refractivity contribution < 1.29 is 14.3 Å². The molecule has 2 atom stereocenters. The molecule has 0 bridgehead atoms. The number of carbonyl (C=O) groups is 1. The van der Waals surface area contributed by atoms with Crippen LogP contribution in [-0.2, 0) is 0 Å². The largest absolute Gasteiger partial charge is 0.494 e. The third-order valence-electron chi connectivity index (χ3n) is 6.07. The Hall–Kier alpha value is -3.13. The molecule has 2 N–H and O–H groups in total. The van der Waals surface area contributed by atoms with Gasteiger partial charge in [-0.05, 0) is 55.7 Å². The predicted molar refractivity (Wildman–Crippen MR) is 137 cm³/mol. The number of allylic oxidation sites excluding steroid dienone is 2. The van der Waals surface area contributed by atoms with Gasteiger partial charge in [0.05, 0.1) is 7.11 Å². The van der Waals surface area contributed by atoms with E-state index in [0.717, 1.165) is 40.3 Å². The molecule has 7 nitrogen and oxygen atoms in total. The second-order valence-corrected chi connectivity index (χ2v) is 9.68. The van der Waals surface area contributed by atoms with E-state index in [0.29, 0.717) is 17.9 Å². The van der Waals surface area contributed by atoms with Crippen molar-refractivity contribution in [2.75, 3.05) is 14.2 Å². The number of carbonyl (C=O) groups excluding carboxylic acids is 1. The summed E-state index contributed by atoms with van der Waals surface area (Å²) in [5.74, 6) is 2.24. The van der Waals surface area contributed by atoms with Gasteiger partial charge in [-0.3, -0.25) is 9.78 Å². The van der Waals surface area contributed by atoms with Crippen LogP contribution < -0.4 is 20.1 Å². The highest BCUT2D eigenvalue weighted by Crippen LogP contribution is 2.36. The van der Waals surface area contributed by atoms with Crippen molar-refractivity contribution >= 4 is 33.4 Å². The fourth-order valence-electron chi connectivity index (χ4n) is 4.13. The van der Waals surface area contributed by atoms with Crippen LogP contribution in [0.1, 0.15) is 43.6 Å². The van der Waals surface area contributed by atoms with E-state index in [4.69, 9.17) is 14.5 Å². The smallest absolute Gasteiger partial charge is 0.269 e. The Morgan fingerprint density at radius 2 is 2.15 bits per heavy atom. The standard InChI is InChI=1S/C26H29BrN4O3/c1-16-5-6-17-9-11-26(2,34-19-10-12-29-21(14-19)25(32)28-3)15-22(17)31-24(16)30-20-13-18(27)7-8-23(20)33-4/h7-14,16H,5-6,15H2,1-4H3,(H,28,32)(H,30,31). The number of nitrogens with zero attached hydrogens (tertiary/aromatic N) is 2. The Morgan fingerprint density at radius 3 is 2.91 bits per heavy atom. The highest BCUT2D eigenvalue weighted by atomic mass is 79.9. The first-order valence-electron chi connectivity index (χ1n) is 11.3. The van der Waals surface area contributed by atoms with Crippen LogP contribution in [0, 0.1) is 5.92 Å². The van der Waals surface area contributed by atoms with E-state index in [1.165, 1.54) is 5.57 Å². The molecule has 1 aromatic heterocycles. The number of rotatable bonds is 5. The maximum absolute atomic E-state index is 12.0. The monoisotopic (exact) mass is 524 g/mol. The van der Waals surface area contributed by atoms with Crippen LogP contribution >= 0.6 is 15.9 Å². The summed E-state index contributed by atoms with van der Waals surface area (Å²) >= 11 is 3.53. The SMILES string of the molecule is CNC(=O)c1cc(OC2(C)C=CC3=C(C2)NC(=Nc2cc(Br)ccc2OC)C(C)CC3)ccn1. The van der Waals surface area contributed by atoms with E-state index in [1.807, 2.05) is 25.1 Å². The molecule has 2 aromatic rings. The Labute approximate surface area is 208 Å². The number of ether oxygens (including phenoxy) is 2. The number of methoxy groups -OCH3 is 1. The Bertz CT molecular complexity index is 1190. The zero-order chi connectivity index (χ0) is 24.3. The van der Waals surface area contributed by atoms with Crippen molar-refractivity contribution in [1.29, 1.82) is 0 Å². The fourth-order valence-corrected chi connectivity index (χ4v) is 4.48. The van der Waals surface area contributed by atoms with E-state index in [2.05, 4.69) is 50.6 Å². The number of hydrogen-bond acceptors (Lipinski definition) is 5. The first-order chi connectivity index (χ1) is 16.3. The van der Waals surface area contributed by atoms with E-state index in [9.17, 15) is 4.79 Å². The molecule has 1 amide bonds. The van der Waals surface area contributed by atoms with Crippen LogP contribution in [0.15, 0.2) is 69.4 Å². The minimum absolute atomic E-state index is 0.247. The molecule has 178 valence electrons. The summed E-state index contributed by atoms with van der Waals surface area (Å²) in [6, 6.07) is 9.24. The highest BCUT2D eigenvalue weighted by Gasteiger charge is 2.32. The number of halogens is 1. The number of aliphatic imine (C=N–C) groups is 1. The predicted octanol–water partition coefficient (Wildman–Crippen LogP) is 5.31. The van der Waals surface area contributed by atoms with Gasteiger partial charge in [0, 0.05) is 41.8 Å². The van der Waals surface area contributed by atoms with Crippen LogP contribution in [0.2, 0.25) is 0 Å². The molecular weight excluding hydrogens is 496 g/mol. The molecule has 1 aromatic carbocycles. The van der Waals surface area contributed by atoms with Gasteiger partial charge < -0.3 is 20.1 Å². The lowest BCUT2D eigenvalue weighted by molar-refractivity contribution is 0.0955. The minimum Gasteiger partial charge on any atom is -0.494 e. The van der Waals surface area contributed by atoms with Crippen molar-refractivity contribution in [1.82, 2.24) is 15.6 Å². The number of nitrogens with one attached hydrogen (secondary N) is 2. The third-order valence-corrected chi connectivity index (χ3v) is 6.56. The van der Waals surface area contributed by atoms with Crippen molar-refractivity contribution in [3.05, 3.63) is 70.1 Å². The van der Waals surface area contributed by atoms with Gasteiger partial charge >= 0.3 is 0 Å². The van der Waals surface area contributed by atoms with E-state index in [1.54, 1.807) is 32.5 Å². The van der Waals surface area contributed by atoms with Gasteiger partial charge in [-0.2, -0.15) is 0 Å². The minimum atomic E-state index is -0.584. The maximum Gasteiger partial charge on any atom is 0.269 e. The molecular formula is C26H29BrN4O3. The van der Waals surface area contributed by atoms with Crippen LogP contribution in [0.4, 0.5) is 5.69 Å². The van der Waals surface area contributed by atoms with E-state index >= 15 is 0 Å². The normalized spacial score (nSPS) is 23.1. The maximum atomic E-state index is 12.0. The second-order valence-electron chi connectivity index (χ2n) is 8.76. The number of aromatic nitrogens is 1. The summed E-state index contributed by atoms with van der Waals surface area (Å²) in [4.78, 5) is 21.0. The topological polar surface area (TPSA) is 84.8 Å². The zero-order valence-electron chi connectivity index (χ0n) is 19.8. The fraction of sp³-hybridized carbons (Fsp3) is 0.346. The number of amidine groups is 1. The lowest BCUT2D eigenvalue weighted by Crippen LogP contribution is -2.37. The zero-order valence-corrected chi connectivity index (χ0v) is 21.4. The average Bonchev–Trinajstić information content (AvgIpc) is 2.96. The second kappa shape index (κ2) is 10.0. The summed E-state index contributed by atoms with van der Waals surface area (Å²) in [5.41, 5.74) is 2.88. The number of amides is 1. The van der Waals surface area contributed by atoms with Gasteiger partial charge in [0.15, 0.2) is 0 Å². The summed E-state index contributed by atoms with van der Waals surface area (Å²) in [5, 5.41) is 6.21. The molecule has 2 heterocycles. The van der Waals surface area contributed by atoms with Crippen LogP contribution in [0.25, 0.3) is 0 Å². The third kappa shape index (κ3) is 5.33. The summed E-state index contributed by atoms with van der Waals surface area (Å²) in [6.07, 6.45) is 8.42. The molecule has 4 rings (SSSR count).